The van der Waals surface area contributed by atoms with Crippen molar-refractivity contribution < 1.29 is 33.2 Å². The summed E-state index contributed by atoms with van der Waals surface area (Å²) in [6.45, 7) is 0.791. The lowest BCUT2D eigenvalue weighted by Gasteiger charge is -2.35. The topological polar surface area (TPSA) is 86.3 Å². The van der Waals surface area contributed by atoms with Gasteiger partial charge in [0.2, 0.25) is 0 Å². The highest BCUT2D eigenvalue weighted by molar-refractivity contribution is 6.35. The third-order valence-electron chi connectivity index (χ3n) is 6.83. The van der Waals surface area contributed by atoms with Crippen LogP contribution >= 0.6 is 11.6 Å². The molecule has 2 N–H and O–H groups in total. The zero-order valence-electron chi connectivity index (χ0n) is 20.0. The van der Waals surface area contributed by atoms with E-state index in [0.29, 0.717) is 41.5 Å². The maximum Gasteiger partial charge on any atom is 0.329 e. The number of methoxy groups -OCH3 is 2. The zero-order valence-corrected chi connectivity index (χ0v) is 20.8. The van der Waals surface area contributed by atoms with Gasteiger partial charge in [0, 0.05) is 48.9 Å². The molecule has 35 heavy (non-hydrogen) atoms. The molecular formula is C26H31ClFNO6. The van der Waals surface area contributed by atoms with Crippen LogP contribution < -0.4 is 14.8 Å². The maximum absolute atomic E-state index is 15.8. The van der Waals surface area contributed by atoms with Crippen molar-refractivity contribution in [2.24, 2.45) is 0 Å². The molecule has 2 aliphatic rings. The molecule has 1 saturated carbocycles. The van der Waals surface area contributed by atoms with Gasteiger partial charge in [-0.05, 0) is 36.6 Å². The van der Waals surface area contributed by atoms with E-state index in [0.717, 1.165) is 25.7 Å². The summed E-state index contributed by atoms with van der Waals surface area (Å²) >= 11 is 6.61. The van der Waals surface area contributed by atoms with Crippen LogP contribution in [0.15, 0.2) is 24.3 Å². The van der Waals surface area contributed by atoms with Gasteiger partial charge in [-0.15, -0.1) is 0 Å². The minimum absolute atomic E-state index is 0.110. The number of ether oxygens (including phenoxy) is 4. The second-order valence-corrected chi connectivity index (χ2v) is 9.40. The highest BCUT2D eigenvalue weighted by Gasteiger charge is 2.40. The molecule has 190 valence electrons. The van der Waals surface area contributed by atoms with Crippen LogP contribution in [-0.4, -0.2) is 50.2 Å². The van der Waals surface area contributed by atoms with Crippen molar-refractivity contribution in [3.05, 3.63) is 40.7 Å². The molecular weight excluding hydrogens is 477 g/mol. The number of halogens is 2. The van der Waals surface area contributed by atoms with Gasteiger partial charge in [0.15, 0.2) is 0 Å². The molecule has 1 aliphatic carbocycles. The average molecular weight is 508 g/mol. The first-order valence-electron chi connectivity index (χ1n) is 11.8. The fourth-order valence-electron chi connectivity index (χ4n) is 4.82. The second-order valence-electron chi connectivity index (χ2n) is 9.03. The molecule has 4 rings (SSSR count). The Morgan fingerprint density at radius 1 is 1.17 bits per heavy atom. The second kappa shape index (κ2) is 11.0. The molecule has 0 radical (unpaired) electrons. The number of rotatable bonds is 9. The first kappa shape index (κ1) is 25.5. The smallest absolute Gasteiger partial charge is 0.329 e. The van der Waals surface area contributed by atoms with E-state index in [9.17, 15) is 9.90 Å². The minimum Gasteiger partial charge on any atom is -0.497 e. The SMILES string of the molecule is COc1cc(OC)c(Cl)c(-c2c(F)cc(NC3(C(=O)O)CCOCC3)cc2COC2CCCC2)c1. The van der Waals surface area contributed by atoms with E-state index >= 15 is 4.39 Å². The van der Waals surface area contributed by atoms with Crippen molar-refractivity contribution in [1.82, 2.24) is 0 Å². The molecule has 9 heteroatoms. The minimum atomic E-state index is -1.23. The number of aliphatic carboxylic acids is 1. The first-order chi connectivity index (χ1) is 16.9. The number of benzene rings is 2. The molecule has 1 heterocycles. The number of carbonyl (C=O) groups is 1. The number of nitrogens with one attached hydrogen (secondary N) is 1. The molecule has 0 spiro atoms. The summed E-state index contributed by atoms with van der Waals surface area (Å²) in [5, 5.41) is 13.3. The summed E-state index contributed by atoms with van der Waals surface area (Å²) in [6, 6.07) is 6.34. The van der Waals surface area contributed by atoms with E-state index in [2.05, 4.69) is 5.32 Å². The highest BCUT2D eigenvalue weighted by atomic mass is 35.5. The normalized spacial score (nSPS) is 17.8. The number of carboxylic acids is 1. The molecule has 0 aromatic heterocycles. The Kier molecular flexibility index (Phi) is 8.04. The molecule has 0 bridgehead atoms. The van der Waals surface area contributed by atoms with Crippen molar-refractivity contribution in [1.29, 1.82) is 0 Å². The van der Waals surface area contributed by atoms with Crippen LogP contribution in [0, 0.1) is 5.82 Å². The van der Waals surface area contributed by atoms with Crippen molar-refractivity contribution >= 4 is 23.3 Å². The number of carboxylic acid groups (broad SMARTS) is 1. The average Bonchev–Trinajstić information content (AvgIpc) is 3.37. The Morgan fingerprint density at radius 2 is 1.89 bits per heavy atom. The summed E-state index contributed by atoms with van der Waals surface area (Å²) in [5.41, 5.74) is 0.380. The van der Waals surface area contributed by atoms with Crippen LogP contribution in [0.5, 0.6) is 11.5 Å². The van der Waals surface area contributed by atoms with E-state index in [4.69, 9.17) is 30.5 Å². The number of anilines is 1. The predicted molar refractivity (Wildman–Crippen MR) is 131 cm³/mol. The van der Waals surface area contributed by atoms with Crippen molar-refractivity contribution in [3.8, 4) is 22.6 Å². The van der Waals surface area contributed by atoms with Crippen molar-refractivity contribution in [2.75, 3.05) is 32.8 Å². The summed E-state index contributed by atoms with van der Waals surface area (Å²) < 4.78 is 38.1. The fourth-order valence-corrected chi connectivity index (χ4v) is 5.10. The molecule has 2 fully saturated rings. The van der Waals surface area contributed by atoms with Crippen LogP contribution in [0.1, 0.15) is 44.1 Å². The van der Waals surface area contributed by atoms with Crippen molar-refractivity contribution in [3.63, 3.8) is 0 Å². The molecule has 0 unspecified atom stereocenters. The third kappa shape index (κ3) is 5.50. The van der Waals surface area contributed by atoms with Gasteiger partial charge in [0.25, 0.3) is 0 Å². The first-order valence-corrected chi connectivity index (χ1v) is 12.2. The summed E-state index contributed by atoms with van der Waals surface area (Å²) in [7, 11) is 3.00. The number of hydrogen-bond donors (Lipinski definition) is 2. The van der Waals surface area contributed by atoms with E-state index in [1.807, 2.05) is 0 Å². The Hall–Kier alpha value is -2.55. The third-order valence-corrected chi connectivity index (χ3v) is 7.22. The van der Waals surface area contributed by atoms with Crippen LogP contribution in [0.25, 0.3) is 11.1 Å². The Bertz CT molecular complexity index is 1070. The van der Waals surface area contributed by atoms with Gasteiger partial charge >= 0.3 is 5.97 Å². The Labute approximate surface area is 209 Å². The maximum atomic E-state index is 15.8. The monoisotopic (exact) mass is 507 g/mol. The Balaban J connectivity index is 1.78. The molecule has 1 saturated heterocycles. The summed E-state index contributed by atoms with van der Waals surface area (Å²) in [5.74, 6) is -0.714. The van der Waals surface area contributed by atoms with E-state index in [-0.39, 0.29) is 36.1 Å². The molecule has 2 aromatic carbocycles. The van der Waals surface area contributed by atoms with E-state index in [1.54, 1.807) is 18.2 Å². The molecule has 1 aliphatic heterocycles. The summed E-state index contributed by atoms with van der Waals surface area (Å²) in [4.78, 5) is 12.1. The van der Waals surface area contributed by atoms with Crippen LogP contribution in [0.2, 0.25) is 5.02 Å². The lowest BCUT2D eigenvalue weighted by Crippen LogP contribution is -2.50. The number of hydrogen-bond acceptors (Lipinski definition) is 6. The predicted octanol–water partition coefficient (Wildman–Crippen LogP) is 5.67. The van der Waals surface area contributed by atoms with Gasteiger partial charge in [-0.25, -0.2) is 9.18 Å². The van der Waals surface area contributed by atoms with Gasteiger partial charge in [-0.1, -0.05) is 24.4 Å². The largest absolute Gasteiger partial charge is 0.497 e. The van der Waals surface area contributed by atoms with Gasteiger partial charge in [-0.2, -0.15) is 0 Å². The van der Waals surface area contributed by atoms with Gasteiger partial charge in [0.1, 0.15) is 22.9 Å². The molecule has 2 aromatic rings. The standard InChI is InChI=1S/C26H31ClFNO6/c1-32-19-13-20(24(27)22(14-19)33-2)23-16(15-35-18-5-3-4-6-18)11-17(12-21(23)28)29-26(25(30)31)7-9-34-10-8-26/h11-14,18,29H,3-10,15H2,1-2H3,(H,30,31). The van der Waals surface area contributed by atoms with E-state index in [1.165, 1.54) is 20.3 Å². The highest BCUT2D eigenvalue weighted by Crippen LogP contribution is 2.43. The van der Waals surface area contributed by atoms with Gasteiger partial charge in [0.05, 0.1) is 32.0 Å². The van der Waals surface area contributed by atoms with Crippen molar-refractivity contribution in [2.45, 2.75) is 56.8 Å². The van der Waals surface area contributed by atoms with E-state index < -0.39 is 17.3 Å². The van der Waals surface area contributed by atoms with Crippen LogP contribution in [0.4, 0.5) is 10.1 Å². The summed E-state index contributed by atoms with van der Waals surface area (Å²) in [6.07, 6.45) is 4.80. The van der Waals surface area contributed by atoms with Gasteiger partial charge in [-0.3, -0.25) is 0 Å². The molecule has 7 nitrogen and oxygen atoms in total. The van der Waals surface area contributed by atoms with Gasteiger partial charge < -0.3 is 29.4 Å². The fraction of sp³-hybridized carbons (Fsp3) is 0.500. The Morgan fingerprint density at radius 3 is 2.51 bits per heavy atom. The van der Waals surface area contributed by atoms with Crippen LogP contribution in [-0.2, 0) is 20.9 Å². The molecule has 0 atom stereocenters. The molecule has 0 amide bonds. The lowest BCUT2D eigenvalue weighted by molar-refractivity contribution is -0.145. The van der Waals surface area contributed by atoms with Crippen LogP contribution in [0.3, 0.4) is 0 Å². The zero-order chi connectivity index (χ0) is 25.0. The quantitative estimate of drug-likeness (QED) is 0.452. The lowest BCUT2D eigenvalue weighted by atomic mass is 9.89.